The summed E-state index contributed by atoms with van der Waals surface area (Å²) < 4.78 is 17.6. The number of benzene rings is 2. The van der Waals surface area contributed by atoms with E-state index in [1.165, 1.54) is 18.3 Å². The number of nitrogens with zero attached hydrogens (tertiary/aromatic N) is 6. The van der Waals surface area contributed by atoms with Crippen LogP contribution in [0.25, 0.3) is 22.5 Å². The molecule has 1 N–H and O–H groups in total. The van der Waals surface area contributed by atoms with Crippen molar-refractivity contribution in [3.63, 3.8) is 0 Å². The summed E-state index contributed by atoms with van der Waals surface area (Å²) in [7, 11) is 0. The van der Waals surface area contributed by atoms with E-state index in [2.05, 4.69) is 30.7 Å². The van der Waals surface area contributed by atoms with Crippen molar-refractivity contribution in [1.82, 2.24) is 30.4 Å². The van der Waals surface area contributed by atoms with Gasteiger partial charge in [0, 0.05) is 23.6 Å². The Labute approximate surface area is 281 Å². The first kappa shape index (κ1) is 32.9. The number of esters is 1. The van der Waals surface area contributed by atoms with Gasteiger partial charge in [-0.1, -0.05) is 73.2 Å². The first-order valence-corrected chi connectivity index (χ1v) is 17.1. The van der Waals surface area contributed by atoms with Crippen LogP contribution < -0.4 is 4.80 Å². The number of aryl methyl sites for hydroxylation is 1. The fourth-order valence-electron chi connectivity index (χ4n) is 5.95. The van der Waals surface area contributed by atoms with Gasteiger partial charge in [0.05, 0.1) is 6.54 Å². The molecule has 48 heavy (non-hydrogen) atoms. The van der Waals surface area contributed by atoms with E-state index in [-0.39, 0.29) is 11.7 Å². The first-order valence-electron chi connectivity index (χ1n) is 16.3. The smallest absolute Gasteiger partial charge is 0.431 e. The molecule has 4 aromatic rings. The highest BCUT2D eigenvalue weighted by atomic mass is 32.1. The molecule has 13 nitrogen and oxygen atoms in total. The lowest BCUT2D eigenvalue weighted by Crippen LogP contribution is -2.27. The van der Waals surface area contributed by atoms with Crippen molar-refractivity contribution in [2.24, 2.45) is 4.99 Å². The van der Waals surface area contributed by atoms with Crippen LogP contribution in [0.15, 0.2) is 64.7 Å². The molecule has 0 saturated heterocycles. The molecule has 2 aliphatic carbocycles. The predicted molar refractivity (Wildman–Crippen MR) is 175 cm³/mol. The van der Waals surface area contributed by atoms with Crippen molar-refractivity contribution in [1.29, 1.82) is 0 Å². The van der Waals surface area contributed by atoms with Crippen molar-refractivity contribution in [2.75, 3.05) is 0 Å². The monoisotopic (exact) mass is 671 g/mol. The van der Waals surface area contributed by atoms with E-state index in [0.29, 0.717) is 48.4 Å². The second-order valence-corrected chi connectivity index (χ2v) is 12.8. The zero-order valence-electron chi connectivity index (χ0n) is 26.9. The van der Waals surface area contributed by atoms with Crippen LogP contribution in [0.4, 0.5) is 4.79 Å². The number of carbonyl (C=O) groups is 3. The SMILES string of the molecule is CCc1nn(Cc2ccc(-c3ccccc3-c3nnn[nH]3)cc2)c(=NC(=O)C2=C(C(=O)OC(C)OC(=O)OC3CCCCC3)CCC2)s1. The van der Waals surface area contributed by atoms with Gasteiger partial charge in [0.2, 0.25) is 11.1 Å². The molecule has 1 fully saturated rings. The Morgan fingerprint density at radius 1 is 0.979 bits per heavy atom. The Morgan fingerprint density at radius 2 is 1.73 bits per heavy atom. The van der Waals surface area contributed by atoms with Crippen molar-refractivity contribution < 1.29 is 28.6 Å². The van der Waals surface area contributed by atoms with Crippen LogP contribution in [0.3, 0.4) is 0 Å². The molecule has 1 unspecified atom stereocenters. The topological polar surface area (TPSA) is 164 Å². The van der Waals surface area contributed by atoms with Gasteiger partial charge < -0.3 is 14.2 Å². The summed E-state index contributed by atoms with van der Waals surface area (Å²) in [5.74, 6) is -0.614. The van der Waals surface area contributed by atoms with Crippen LogP contribution in [-0.4, -0.2) is 60.8 Å². The number of ether oxygens (including phenoxy) is 3. The number of amides is 1. The summed E-state index contributed by atoms with van der Waals surface area (Å²) in [5, 5.41) is 19.8. The number of nitrogens with one attached hydrogen (secondary N) is 1. The van der Waals surface area contributed by atoms with Gasteiger partial charge >= 0.3 is 12.1 Å². The highest BCUT2D eigenvalue weighted by Gasteiger charge is 2.29. The molecule has 1 atom stereocenters. The lowest BCUT2D eigenvalue weighted by molar-refractivity contribution is -0.164. The second kappa shape index (κ2) is 15.3. The van der Waals surface area contributed by atoms with Gasteiger partial charge in [-0.25, -0.2) is 19.4 Å². The van der Waals surface area contributed by atoms with E-state index in [0.717, 1.165) is 59.4 Å². The van der Waals surface area contributed by atoms with E-state index in [1.54, 1.807) is 4.68 Å². The largest absolute Gasteiger partial charge is 0.511 e. The van der Waals surface area contributed by atoms with Gasteiger partial charge in [-0.15, -0.1) is 5.10 Å². The summed E-state index contributed by atoms with van der Waals surface area (Å²) in [4.78, 5) is 43.6. The van der Waals surface area contributed by atoms with Crippen molar-refractivity contribution >= 4 is 29.4 Å². The molecular formula is C34H37N7O6S. The number of carbonyl (C=O) groups excluding carboxylic acids is 3. The Hall–Kier alpha value is -4.98. The fraction of sp³-hybridized carbons (Fsp3) is 0.412. The quantitative estimate of drug-likeness (QED) is 0.164. The Balaban J connectivity index is 1.15. The van der Waals surface area contributed by atoms with Crippen molar-refractivity contribution in [3.05, 3.63) is 75.0 Å². The molecule has 2 aliphatic rings. The minimum absolute atomic E-state index is 0.175. The molecule has 1 saturated carbocycles. The van der Waals surface area contributed by atoms with Gasteiger partial charge in [0.1, 0.15) is 11.1 Å². The number of H-pyrrole nitrogens is 1. The highest BCUT2D eigenvalue weighted by Crippen LogP contribution is 2.30. The maximum absolute atomic E-state index is 13.5. The molecule has 250 valence electrons. The Bertz CT molecular complexity index is 1860. The summed E-state index contributed by atoms with van der Waals surface area (Å²) in [6.45, 7) is 3.84. The molecule has 14 heteroatoms. The van der Waals surface area contributed by atoms with E-state index >= 15 is 0 Å². The van der Waals surface area contributed by atoms with Gasteiger partial charge in [0.15, 0.2) is 5.82 Å². The molecule has 0 bridgehead atoms. The molecule has 2 heterocycles. The zero-order valence-corrected chi connectivity index (χ0v) is 27.7. The van der Waals surface area contributed by atoms with Crippen LogP contribution in [0.1, 0.15) is 75.8 Å². The molecule has 2 aromatic carbocycles. The number of rotatable bonds is 10. The van der Waals surface area contributed by atoms with Gasteiger partial charge in [-0.05, 0) is 78.5 Å². The maximum Gasteiger partial charge on any atom is 0.511 e. The fourth-order valence-corrected chi connectivity index (χ4v) is 6.78. The van der Waals surface area contributed by atoms with Gasteiger partial charge in [-0.3, -0.25) is 4.79 Å². The van der Waals surface area contributed by atoms with Crippen LogP contribution in [0.5, 0.6) is 0 Å². The number of hydrogen-bond acceptors (Lipinski definition) is 11. The molecular weight excluding hydrogens is 634 g/mol. The third-order valence-corrected chi connectivity index (χ3v) is 9.45. The number of aromatic amines is 1. The van der Waals surface area contributed by atoms with Crippen LogP contribution in [0, 0.1) is 0 Å². The standard InChI is InChI=1S/C34H37N7O6S/c1-3-29-38-41(20-22-16-18-23(19-17-22)25-12-7-8-13-26(25)30-36-39-40-37-30)33(48-29)35-31(42)27-14-9-15-28(27)32(43)45-21(2)46-34(44)47-24-10-5-4-6-11-24/h7-8,12-13,16-19,21,24H,3-6,9-11,14-15,20H2,1-2H3,(H,36,37,39,40). The maximum atomic E-state index is 13.5. The predicted octanol–water partition coefficient (Wildman–Crippen LogP) is 5.69. The van der Waals surface area contributed by atoms with E-state index in [1.807, 2.05) is 55.5 Å². The van der Waals surface area contributed by atoms with Crippen molar-refractivity contribution in [2.45, 2.75) is 90.6 Å². The molecule has 0 spiro atoms. The zero-order chi connectivity index (χ0) is 33.5. The number of aromatic nitrogens is 6. The second-order valence-electron chi connectivity index (χ2n) is 11.7. The average Bonchev–Trinajstić information content (AvgIpc) is 3.88. The van der Waals surface area contributed by atoms with Crippen LogP contribution in [-0.2, 0) is 36.8 Å². The van der Waals surface area contributed by atoms with E-state index < -0.39 is 24.3 Å². The molecule has 2 aromatic heterocycles. The summed E-state index contributed by atoms with van der Waals surface area (Å²) in [5.41, 5.74) is 4.40. The highest BCUT2D eigenvalue weighted by molar-refractivity contribution is 7.08. The van der Waals surface area contributed by atoms with E-state index in [9.17, 15) is 14.4 Å². The van der Waals surface area contributed by atoms with Crippen LogP contribution >= 0.6 is 11.3 Å². The number of hydrogen-bond donors (Lipinski definition) is 1. The normalized spacial score (nSPS) is 16.2. The minimum atomic E-state index is -1.16. The molecule has 0 radical (unpaired) electrons. The summed E-state index contributed by atoms with van der Waals surface area (Å²) in [6.07, 6.45) is 4.62. The summed E-state index contributed by atoms with van der Waals surface area (Å²) >= 11 is 1.34. The van der Waals surface area contributed by atoms with Crippen LogP contribution in [0.2, 0.25) is 0 Å². The lowest BCUT2D eigenvalue weighted by Gasteiger charge is -2.22. The van der Waals surface area contributed by atoms with Gasteiger partial charge in [0.25, 0.3) is 5.91 Å². The Kier molecular flexibility index (Phi) is 10.5. The molecule has 6 rings (SSSR count). The number of tetrazole rings is 1. The van der Waals surface area contributed by atoms with E-state index in [4.69, 9.17) is 14.2 Å². The third-order valence-electron chi connectivity index (χ3n) is 8.36. The molecule has 0 aliphatic heterocycles. The Morgan fingerprint density at radius 3 is 2.46 bits per heavy atom. The average molecular weight is 672 g/mol. The van der Waals surface area contributed by atoms with Crippen molar-refractivity contribution in [3.8, 4) is 22.5 Å². The third kappa shape index (κ3) is 7.93. The lowest BCUT2D eigenvalue weighted by atomic mass is 9.98. The van der Waals surface area contributed by atoms with Gasteiger partial charge in [-0.2, -0.15) is 10.1 Å². The molecule has 1 amide bonds. The first-order chi connectivity index (χ1) is 23.4. The summed E-state index contributed by atoms with van der Waals surface area (Å²) in [6, 6.07) is 15.9. The minimum Gasteiger partial charge on any atom is -0.431 e.